The molecule has 0 atom stereocenters. The monoisotopic (exact) mass is 661 g/mol. The molecule has 14 heteroatoms. The molecule has 6 rings (SSSR count). The normalized spacial score (nSPS) is 12.8. The van der Waals surface area contributed by atoms with Gasteiger partial charge in [0.2, 0.25) is 11.9 Å². The largest absolute Gasteiger partial charge is 0.494 e. The minimum atomic E-state index is -2.77. The van der Waals surface area contributed by atoms with Crippen molar-refractivity contribution in [1.82, 2.24) is 29.7 Å². The van der Waals surface area contributed by atoms with Crippen LogP contribution in [0, 0.1) is 0 Å². The number of nitrogens with one attached hydrogen (secondary N) is 2. The van der Waals surface area contributed by atoms with E-state index in [1.807, 2.05) is 42.2 Å². The Morgan fingerprint density at radius 1 is 1.05 bits per heavy atom. The Hall–Kier alpha value is -4.35. The molecule has 1 aliphatic heterocycles. The SMILES string of the molecule is COc1cc2c(cc1Nc1ncc(Br)c(Nc3ccc4nccnc4c3P(C)(C)=O)n1)-c1cnn(C)c1CCN2C(C)=O. The van der Waals surface area contributed by atoms with Gasteiger partial charge in [0.25, 0.3) is 0 Å². The van der Waals surface area contributed by atoms with E-state index in [1.165, 1.54) is 0 Å². The number of carbonyl (C=O) groups excluding carboxylic acids is 1. The van der Waals surface area contributed by atoms with Gasteiger partial charge in [-0.05, 0) is 47.5 Å². The van der Waals surface area contributed by atoms with Crippen LogP contribution in [0.5, 0.6) is 5.75 Å². The molecule has 220 valence electrons. The number of methoxy groups -OCH3 is 1. The van der Waals surface area contributed by atoms with E-state index in [4.69, 9.17) is 9.72 Å². The highest BCUT2D eigenvalue weighted by atomic mass is 79.9. The van der Waals surface area contributed by atoms with Crippen molar-refractivity contribution >= 4 is 74.1 Å². The van der Waals surface area contributed by atoms with Crippen LogP contribution in [0.1, 0.15) is 12.6 Å². The van der Waals surface area contributed by atoms with Crippen molar-refractivity contribution in [1.29, 1.82) is 0 Å². The summed E-state index contributed by atoms with van der Waals surface area (Å²) >= 11 is 3.54. The Kier molecular flexibility index (Phi) is 7.39. The molecule has 1 amide bonds. The highest BCUT2D eigenvalue weighted by Crippen LogP contribution is 2.44. The Morgan fingerprint density at radius 3 is 2.58 bits per heavy atom. The Labute approximate surface area is 256 Å². The number of halogens is 1. The van der Waals surface area contributed by atoms with Crippen LogP contribution in [-0.4, -0.2) is 62.6 Å². The summed E-state index contributed by atoms with van der Waals surface area (Å²) in [5, 5.41) is 11.7. The van der Waals surface area contributed by atoms with Gasteiger partial charge in [0.1, 0.15) is 24.2 Å². The molecule has 0 saturated carbocycles. The number of nitrogens with zero attached hydrogens (tertiary/aromatic N) is 7. The molecule has 2 aromatic carbocycles. The molecule has 12 nitrogen and oxygen atoms in total. The lowest BCUT2D eigenvalue weighted by Gasteiger charge is -2.23. The van der Waals surface area contributed by atoms with Crippen molar-refractivity contribution in [3.05, 3.63) is 59.2 Å². The summed E-state index contributed by atoms with van der Waals surface area (Å²) in [6.45, 7) is 5.50. The van der Waals surface area contributed by atoms with Crippen LogP contribution in [0.4, 0.5) is 28.8 Å². The van der Waals surface area contributed by atoms with Gasteiger partial charge in [-0.3, -0.25) is 19.4 Å². The second-order valence-corrected chi connectivity index (χ2v) is 14.5. The number of rotatable bonds is 6. The van der Waals surface area contributed by atoms with E-state index < -0.39 is 7.14 Å². The number of hydrogen-bond donors (Lipinski definition) is 2. The highest BCUT2D eigenvalue weighted by Gasteiger charge is 2.27. The molecule has 0 unspecified atom stereocenters. The van der Waals surface area contributed by atoms with E-state index in [0.29, 0.717) is 62.7 Å². The number of aromatic nitrogens is 6. The maximum absolute atomic E-state index is 13.4. The maximum Gasteiger partial charge on any atom is 0.229 e. The molecule has 0 bridgehead atoms. The minimum absolute atomic E-state index is 0.0560. The standard InChI is InChI=1S/C29H29BrN9O3P/c1-16(40)39-11-8-23-18(14-34-38(23)2)17-12-22(25(42-3)13-24(17)39)36-29-33-15-19(30)28(37-29)35-21-7-6-20-26(32-10-9-31-20)27(21)43(4,5)41/h6-7,9-10,12-15H,8,11H2,1-5H3,(H2,33,35,36,37). The van der Waals surface area contributed by atoms with Crippen LogP contribution in [0.15, 0.2) is 53.5 Å². The molecule has 1 aliphatic rings. The van der Waals surface area contributed by atoms with E-state index in [-0.39, 0.29) is 5.91 Å². The van der Waals surface area contributed by atoms with Gasteiger partial charge in [-0.25, -0.2) is 4.98 Å². The van der Waals surface area contributed by atoms with Gasteiger partial charge in [0.15, 0.2) is 0 Å². The molecule has 0 radical (unpaired) electrons. The third kappa shape index (κ3) is 5.34. The van der Waals surface area contributed by atoms with E-state index in [1.54, 1.807) is 50.9 Å². The Bertz CT molecular complexity index is 1960. The fraction of sp³-hybridized carbons (Fsp3) is 0.241. The van der Waals surface area contributed by atoms with Crippen LogP contribution in [0.3, 0.4) is 0 Å². The van der Waals surface area contributed by atoms with E-state index in [0.717, 1.165) is 22.5 Å². The molecular weight excluding hydrogens is 633 g/mol. The summed E-state index contributed by atoms with van der Waals surface area (Å²) in [4.78, 5) is 32.4. The summed E-state index contributed by atoms with van der Waals surface area (Å²) in [7, 11) is 0.702. The average Bonchev–Trinajstić information content (AvgIpc) is 3.25. The molecule has 0 fully saturated rings. The van der Waals surface area contributed by atoms with Crippen molar-refractivity contribution in [2.45, 2.75) is 13.3 Å². The summed E-state index contributed by atoms with van der Waals surface area (Å²) in [6.07, 6.45) is 7.31. The first kappa shape index (κ1) is 28.8. The summed E-state index contributed by atoms with van der Waals surface area (Å²) < 4.78 is 21.6. The van der Waals surface area contributed by atoms with Gasteiger partial charge in [-0.1, -0.05) is 0 Å². The second-order valence-electron chi connectivity index (χ2n) is 10.5. The van der Waals surface area contributed by atoms with Gasteiger partial charge in [0.05, 0.1) is 45.7 Å². The number of fused-ring (bicyclic) bond motifs is 4. The van der Waals surface area contributed by atoms with E-state index in [2.05, 4.69) is 46.6 Å². The van der Waals surface area contributed by atoms with Crippen molar-refractivity contribution in [3.63, 3.8) is 0 Å². The molecule has 0 aliphatic carbocycles. The lowest BCUT2D eigenvalue weighted by atomic mass is 10.0. The number of amides is 1. The minimum Gasteiger partial charge on any atom is -0.494 e. The zero-order valence-corrected chi connectivity index (χ0v) is 26.7. The van der Waals surface area contributed by atoms with Crippen molar-refractivity contribution in [3.8, 4) is 16.9 Å². The number of carbonyl (C=O) groups is 1. The Morgan fingerprint density at radius 2 is 1.84 bits per heavy atom. The van der Waals surface area contributed by atoms with E-state index in [9.17, 15) is 9.36 Å². The van der Waals surface area contributed by atoms with Gasteiger partial charge >= 0.3 is 0 Å². The number of benzene rings is 2. The van der Waals surface area contributed by atoms with Gasteiger partial charge in [-0.2, -0.15) is 10.1 Å². The molecule has 43 heavy (non-hydrogen) atoms. The maximum atomic E-state index is 13.4. The molecular formula is C29H29BrN9O3P. The molecule has 4 heterocycles. The second kappa shape index (κ2) is 11.1. The quantitative estimate of drug-likeness (QED) is 0.232. The van der Waals surface area contributed by atoms with Gasteiger partial charge in [0, 0.05) is 68.4 Å². The van der Waals surface area contributed by atoms with Crippen LogP contribution >= 0.6 is 23.1 Å². The predicted molar refractivity (Wildman–Crippen MR) is 172 cm³/mol. The fourth-order valence-corrected chi connectivity index (χ4v) is 7.04. The number of ether oxygens (including phenoxy) is 1. The Balaban J connectivity index is 1.41. The topological polar surface area (TPSA) is 140 Å². The molecule has 0 spiro atoms. The first-order valence-electron chi connectivity index (χ1n) is 13.4. The lowest BCUT2D eigenvalue weighted by Crippen LogP contribution is -2.30. The first-order chi connectivity index (χ1) is 20.5. The third-order valence-corrected chi connectivity index (χ3v) is 9.42. The predicted octanol–water partition coefficient (Wildman–Crippen LogP) is 5.24. The summed E-state index contributed by atoms with van der Waals surface area (Å²) in [5.74, 6) is 1.22. The summed E-state index contributed by atoms with van der Waals surface area (Å²) in [6, 6.07) is 7.44. The van der Waals surface area contributed by atoms with Gasteiger partial charge in [-0.15, -0.1) is 0 Å². The fourth-order valence-electron chi connectivity index (χ4n) is 5.36. The van der Waals surface area contributed by atoms with Gasteiger partial charge < -0.3 is 24.8 Å². The first-order valence-corrected chi connectivity index (χ1v) is 16.8. The van der Waals surface area contributed by atoms with Crippen LogP contribution < -0.4 is 25.6 Å². The molecule has 5 aromatic rings. The summed E-state index contributed by atoms with van der Waals surface area (Å²) in [5.41, 5.74) is 6.04. The third-order valence-electron chi connectivity index (χ3n) is 7.31. The van der Waals surface area contributed by atoms with Crippen molar-refractivity contribution < 1.29 is 14.1 Å². The number of aryl methyl sites for hydroxylation is 1. The highest BCUT2D eigenvalue weighted by molar-refractivity contribution is 9.10. The van der Waals surface area contributed by atoms with Crippen LogP contribution in [0.2, 0.25) is 0 Å². The molecule has 0 saturated heterocycles. The van der Waals surface area contributed by atoms with Crippen LogP contribution in [-0.2, 0) is 22.8 Å². The van der Waals surface area contributed by atoms with Crippen molar-refractivity contribution in [2.24, 2.45) is 7.05 Å². The zero-order valence-electron chi connectivity index (χ0n) is 24.2. The number of anilines is 5. The van der Waals surface area contributed by atoms with Crippen LogP contribution in [0.25, 0.3) is 22.2 Å². The smallest absolute Gasteiger partial charge is 0.229 e. The average molecular weight is 662 g/mol. The number of hydrogen-bond acceptors (Lipinski definition) is 10. The molecule has 3 aromatic heterocycles. The molecule has 2 N–H and O–H groups in total. The lowest BCUT2D eigenvalue weighted by molar-refractivity contribution is -0.116. The van der Waals surface area contributed by atoms with E-state index >= 15 is 0 Å². The van der Waals surface area contributed by atoms with Crippen molar-refractivity contribution in [2.75, 3.05) is 42.5 Å². The zero-order chi connectivity index (χ0) is 30.5.